The molecule has 33 heavy (non-hydrogen) atoms. The number of para-hydroxylation sites is 2. The lowest BCUT2D eigenvalue weighted by molar-refractivity contribution is -0.117. The summed E-state index contributed by atoms with van der Waals surface area (Å²) in [6.07, 6.45) is 1.00. The molecule has 0 spiro atoms. The maximum absolute atomic E-state index is 13.8. The number of hydrogen-bond acceptors (Lipinski definition) is 3. The Morgan fingerprint density at radius 2 is 1.67 bits per heavy atom. The largest absolute Gasteiger partial charge is 0.357 e. The summed E-state index contributed by atoms with van der Waals surface area (Å²) in [6.45, 7) is 3.59. The molecule has 1 heterocycles. The Bertz CT molecular complexity index is 1280. The van der Waals surface area contributed by atoms with Crippen molar-refractivity contribution in [2.24, 2.45) is 0 Å². The molecule has 1 amide bonds. The summed E-state index contributed by atoms with van der Waals surface area (Å²) in [6, 6.07) is 23.1. The highest BCUT2D eigenvalue weighted by atomic mass is 35.5. The highest BCUT2D eigenvalue weighted by Crippen LogP contribution is 2.47. The van der Waals surface area contributed by atoms with Crippen molar-refractivity contribution in [1.82, 2.24) is 0 Å². The predicted molar refractivity (Wildman–Crippen MR) is 133 cm³/mol. The zero-order valence-electron chi connectivity index (χ0n) is 18.6. The topological polar surface area (TPSA) is 49.4 Å². The fourth-order valence-corrected chi connectivity index (χ4v) is 5.32. The van der Waals surface area contributed by atoms with Gasteiger partial charge in [0.15, 0.2) is 5.78 Å². The molecule has 5 heteroatoms. The van der Waals surface area contributed by atoms with Gasteiger partial charge in [-0.2, -0.15) is 0 Å². The van der Waals surface area contributed by atoms with Crippen LogP contribution in [0.5, 0.6) is 0 Å². The van der Waals surface area contributed by atoms with E-state index in [0.717, 1.165) is 33.8 Å². The van der Waals surface area contributed by atoms with Crippen LogP contribution in [0.3, 0.4) is 0 Å². The van der Waals surface area contributed by atoms with Crippen molar-refractivity contribution in [1.29, 1.82) is 0 Å². The van der Waals surface area contributed by atoms with Crippen LogP contribution in [0.15, 0.2) is 84.1 Å². The zero-order chi connectivity index (χ0) is 23.1. The van der Waals surface area contributed by atoms with Crippen molar-refractivity contribution in [3.8, 4) is 0 Å². The van der Waals surface area contributed by atoms with Gasteiger partial charge in [0.1, 0.15) is 0 Å². The third kappa shape index (κ3) is 3.85. The number of nitrogens with one attached hydrogen (secondary N) is 1. The van der Waals surface area contributed by atoms with Crippen molar-refractivity contribution >= 4 is 34.7 Å². The predicted octanol–water partition coefficient (Wildman–Crippen LogP) is 6.57. The van der Waals surface area contributed by atoms with Gasteiger partial charge in [-0.3, -0.25) is 14.5 Å². The highest BCUT2D eigenvalue weighted by Gasteiger charge is 2.41. The minimum absolute atomic E-state index is 0.0211. The Kier molecular flexibility index (Phi) is 5.55. The maximum Gasteiger partial charge on any atom is 0.224 e. The number of hydrogen-bond donors (Lipinski definition) is 1. The van der Waals surface area contributed by atoms with E-state index in [-0.39, 0.29) is 17.6 Å². The number of nitrogens with zero attached hydrogens (tertiary/aromatic N) is 1. The molecule has 3 aromatic rings. The lowest BCUT2D eigenvalue weighted by Gasteiger charge is -2.34. The summed E-state index contributed by atoms with van der Waals surface area (Å²) >= 11 is 6.50. The molecule has 166 valence electrons. The van der Waals surface area contributed by atoms with Gasteiger partial charge in [0, 0.05) is 29.6 Å². The van der Waals surface area contributed by atoms with Gasteiger partial charge in [-0.15, -0.1) is 0 Å². The van der Waals surface area contributed by atoms with Gasteiger partial charge in [0.05, 0.1) is 17.4 Å². The average molecular weight is 457 g/mol. The number of rotatable bonds is 2. The molecule has 5 rings (SSSR count). The number of anilines is 2. The van der Waals surface area contributed by atoms with Crippen LogP contribution in [0.4, 0.5) is 11.4 Å². The van der Waals surface area contributed by atoms with Crippen LogP contribution < -0.4 is 10.2 Å². The van der Waals surface area contributed by atoms with Gasteiger partial charge in [-0.05, 0) is 48.6 Å². The standard InChI is InChI=1S/C28H25ClN2O2/c1-17-11-13-19(14-12-17)28-27-24(30-23-9-5-6-10-25(23)31(28)18(2)32)15-20(16-26(27)33)21-7-3-4-8-22(21)29/h3-14,20,28,30H,15-16H2,1-2H3. The molecule has 1 aliphatic heterocycles. The molecule has 4 nitrogen and oxygen atoms in total. The van der Waals surface area contributed by atoms with E-state index in [2.05, 4.69) is 5.32 Å². The summed E-state index contributed by atoms with van der Waals surface area (Å²) < 4.78 is 0. The first-order chi connectivity index (χ1) is 15.9. The van der Waals surface area contributed by atoms with Crippen molar-refractivity contribution < 1.29 is 9.59 Å². The second-order valence-electron chi connectivity index (χ2n) is 8.79. The average Bonchev–Trinajstić information content (AvgIpc) is 2.94. The molecule has 2 atom stereocenters. The summed E-state index contributed by atoms with van der Waals surface area (Å²) in [5, 5.41) is 4.20. The van der Waals surface area contributed by atoms with Crippen LogP contribution in [0, 0.1) is 6.92 Å². The Labute approximate surface area is 198 Å². The number of Topliss-reactive ketones (excluding diaryl/α,β-unsaturated/α-hetero) is 1. The van der Waals surface area contributed by atoms with Crippen LogP contribution in [-0.4, -0.2) is 11.7 Å². The van der Waals surface area contributed by atoms with Gasteiger partial charge in [0.2, 0.25) is 5.91 Å². The molecule has 0 radical (unpaired) electrons. The smallest absolute Gasteiger partial charge is 0.224 e. The number of amides is 1. The number of ketones is 1. The molecule has 0 fully saturated rings. The molecule has 0 saturated heterocycles. The van der Waals surface area contributed by atoms with Gasteiger partial charge in [0.25, 0.3) is 0 Å². The number of aryl methyl sites for hydroxylation is 1. The SMILES string of the molecule is CC(=O)N1c2ccccc2NC2=C(C(=O)CC(c3ccccc3Cl)C2)C1c1ccc(C)cc1. The lowest BCUT2D eigenvalue weighted by Crippen LogP contribution is -2.37. The van der Waals surface area contributed by atoms with E-state index in [1.807, 2.05) is 79.7 Å². The second-order valence-corrected chi connectivity index (χ2v) is 9.19. The molecular formula is C28H25ClN2O2. The first-order valence-electron chi connectivity index (χ1n) is 11.2. The van der Waals surface area contributed by atoms with Crippen LogP contribution in [0.2, 0.25) is 5.02 Å². The van der Waals surface area contributed by atoms with Gasteiger partial charge >= 0.3 is 0 Å². The number of carbonyl (C=O) groups excluding carboxylic acids is 2. The minimum atomic E-state index is -0.492. The number of allylic oxidation sites excluding steroid dienone is 1. The quantitative estimate of drug-likeness (QED) is 0.474. The van der Waals surface area contributed by atoms with E-state index in [9.17, 15) is 9.59 Å². The molecule has 2 unspecified atom stereocenters. The lowest BCUT2D eigenvalue weighted by atomic mass is 9.78. The van der Waals surface area contributed by atoms with Crippen LogP contribution in [0.25, 0.3) is 0 Å². The fourth-order valence-electron chi connectivity index (χ4n) is 5.03. The molecule has 0 bridgehead atoms. The van der Waals surface area contributed by atoms with Crippen molar-refractivity contribution in [3.63, 3.8) is 0 Å². The third-order valence-electron chi connectivity index (χ3n) is 6.57. The molecular weight excluding hydrogens is 432 g/mol. The van der Waals surface area contributed by atoms with Crippen LogP contribution in [-0.2, 0) is 9.59 Å². The normalized spacial score (nSPS) is 20.0. The van der Waals surface area contributed by atoms with E-state index >= 15 is 0 Å². The highest BCUT2D eigenvalue weighted by molar-refractivity contribution is 6.31. The van der Waals surface area contributed by atoms with Crippen LogP contribution in [0.1, 0.15) is 48.4 Å². The summed E-state index contributed by atoms with van der Waals surface area (Å²) in [5.74, 6) is -0.0879. The number of fused-ring (bicyclic) bond motifs is 1. The van der Waals surface area contributed by atoms with Crippen molar-refractivity contribution in [2.75, 3.05) is 10.2 Å². The fraction of sp³-hybridized carbons (Fsp3) is 0.214. The molecule has 3 aromatic carbocycles. The molecule has 0 aromatic heterocycles. The number of carbonyl (C=O) groups is 2. The second kappa shape index (κ2) is 8.53. The van der Waals surface area contributed by atoms with E-state index in [0.29, 0.717) is 23.4 Å². The molecule has 1 aliphatic carbocycles. The van der Waals surface area contributed by atoms with E-state index in [1.54, 1.807) is 11.8 Å². The van der Waals surface area contributed by atoms with Gasteiger partial charge < -0.3 is 5.32 Å². The first kappa shape index (κ1) is 21.5. The van der Waals surface area contributed by atoms with E-state index in [4.69, 9.17) is 11.6 Å². The zero-order valence-corrected chi connectivity index (χ0v) is 19.4. The van der Waals surface area contributed by atoms with Crippen molar-refractivity contribution in [2.45, 2.75) is 38.6 Å². The molecule has 2 aliphatic rings. The maximum atomic E-state index is 13.8. The third-order valence-corrected chi connectivity index (χ3v) is 6.91. The van der Waals surface area contributed by atoms with Gasteiger partial charge in [-0.25, -0.2) is 0 Å². The molecule has 0 saturated carbocycles. The number of halogens is 1. The Balaban J connectivity index is 1.71. The summed E-state index contributed by atoms with van der Waals surface area (Å²) in [7, 11) is 0. The monoisotopic (exact) mass is 456 g/mol. The Morgan fingerprint density at radius 3 is 2.39 bits per heavy atom. The minimum Gasteiger partial charge on any atom is -0.357 e. The molecule has 1 N–H and O–H groups in total. The van der Waals surface area contributed by atoms with E-state index in [1.165, 1.54) is 0 Å². The summed E-state index contributed by atoms with van der Waals surface area (Å²) in [4.78, 5) is 28.5. The Morgan fingerprint density at radius 1 is 0.970 bits per heavy atom. The van der Waals surface area contributed by atoms with Gasteiger partial charge in [-0.1, -0.05) is 71.8 Å². The van der Waals surface area contributed by atoms with Crippen LogP contribution >= 0.6 is 11.6 Å². The summed E-state index contributed by atoms with van der Waals surface area (Å²) in [5.41, 5.74) is 6.14. The van der Waals surface area contributed by atoms with E-state index < -0.39 is 6.04 Å². The first-order valence-corrected chi connectivity index (χ1v) is 11.5. The van der Waals surface area contributed by atoms with Crippen molar-refractivity contribution in [3.05, 3.63) is 106 Å². The number of benzene rings is 3. The Hall–Kier alpha value is -3.37.